The fourth-order valence-corrected chi connectivity index (χ4v) is 4.23. The van der Waals surface area contributed by atoms with Gasteiger partial charge in [-0.3, -0.25) is 9.88 Å². The van der Waals surface area contributed by atoms with Crippen molar-refractivity contribution in [2.75, 3.05) is 33.0 Å². The molecule has 4 aromatic rings. The molecule has 2 aromatic heterocycles. The Kier molecular flexibility index (Phi) is 6.09. The minimum absolute atomic E-state index is 0.419. The molecule has 0 unspecified atom stereocenters. The maximum Gasteiger partial charge on any atom is 0.207 e. The van der Waals surface area contributed by atoms with E-state index < -0.39 is 0 Å². The number of hydrogen-bond acceptors (Lipinski definition) is 8. The van der Waals surface area contributed by atoms with Gasteiger partial charge in [0.05, 0.1) is 19.9 Å². The highest BCUT2D eigenvalue weighted by atomic mass is 16.5. The Morgan fingerprint density at radius 1 is 1.00 bits per heavy atom. The van der Waals surface area contributed by atoms with Gasteiger partial charge in [-0.1, -0.05) is 12.1 Å². The molecule has 0 spiro atoms. The topological polar surface area (TPSA) is 104 Å². The number of hydrogen-bond donors (Lipinski definition) is 1. The van der Waals surface area contributed by atoms with Gasteiger partial charge in [-0.15, -0.1) is 15.0 Å². The summed E-state index contributed by atoms with van der Waals surface area (Å²) in [6.07, 6.45) is 5.94. The molecule has 3 heterocycles. The molecule has 9 heteroatoms. The second-order valence-electron chi connectivity index (χ2n) is 8.28. The van der Waals surface area contributed by atoms with Gasteiger partial charge in [0.1, 0.15) is 0 Å². The zero-order valence-electron chi connectivity index (χ0n) is 19.3. The Morgan fingerprint density at radius 2 is 1.79 bits per heavy atom. The average Bonchev–Trinajstić information content (AvgIpc) is 3.37. The number of methoxy groups -OCH3 is 2. The number of nitrogens with two attached hydrogens (primary N) is 1. The van der Waals surface area contributed by atoms with Crippen LogP contribution in [0, 0.1) is 0 Å². The normalized spacial score (nSPS) is 13.5. The van der Waals surface area contributed by atoms with Crippen LogP contribution in [0.1, 0.15) is 16.7 Å². The largest absolute Gasteiger partial charge is 0.493 e. The molecule has 0 saturated carbocycles. The highest BCUT2D eigenvalue weighted by molar-refractivity contribution is 5.75. The third kappa shape index (κ3) is 4.42. The van der Waals surface area contributed by atoms with E-state index in [4.69, 9.17) is 15.2 Å². The number of rotatable bonds is 7. The molecule has 0 atom stereocenters. The first-order chi connectivity index (χ1) is 16.6. The molecule has 34 heavy (non-hydrogen) atoms. The zero-order chi connectivity index (χ0) is 23.5. The Balaban J connectivity index is 1.25. The molecule has 9 nitrogen and oxygen atoms in total. The van der Waals surface area contributed by atoms with Crippen LogP contribution in [0.25, 0.3) is 17.1 Å². The minimum atomic E-state index is 0.419. The number of aromatic nitrogens is 5. The van der Waals surface area contributed by atoms with Crippen LogP contribution in [0.4, 0.5) is 5.69 Å². The van der Waals surface area contributed by atoms with Crippen LogP contribution in [0.15, 0.2) is 54.9 Å². The fourth-order valence-electron chi connectivity index (χ4n) is 4.23. The molecule has 0 fully saturated rings. The van der Waals surface area contributed by atoms with Crippen LogP contribution in [0.5, 0.6) is 11.5 Å². The standard InChI is InChI=1S/C25H27N7O2/c1-33-23-13-21(22(26)14-24(23)34-2)25-28-30-32(29-25)20-5-3-17(4-6-20)8-11-31-12-9-18-7-10-27-15-19(18)16-31/h3-7,10,13-15H,8-9,11-12,16,26H2,1-2H3. The summed E-state index contributed by atoms with van der Waals surface area (Å²) in [7, 11) is 3.14. The summed E-state index contributed by atoms with van der Waals surface area (Å²) < 4.78 is 10.7. The highest BCUT2D eigenvalue weighted by Gasteiger charge is 2.17. The van der Waals surface area contributed by atoms with E-state index >= 15 is 0 Å². The van der Waals surface area contributed by atoms with Gasteiger partial charge in [0.25, 0.3) is 0 Å². The number of tetrazole rings is 1. The van der Waals surface area contributed by atoms with Crippen LogP contribution in [-0.2, 0) is 19.4 Å². The van der Waals surface area contributed by atoms with Crippen LogP contribution >= 0.6 is 0 Å². The molecular weight excluding hydrogens is 430 g/mol. The van der Waals surface area contributed by atoms with Gasteiger partial charge in [-0.2, -0.15) is 0 Å². The molecule has 0 radical (unpaired) electrons. The van der Waals surface area contributed by atoms with Gasteiger partial charge >= 0.3 is 0 Å². The molecule has 2 N–H and O–H groups in total. The number of fused-ring (bicyclic) bond motifs is 1. The van der Waals surface area contributed by atoms with E-state index in [0.717, 1.165) is 38.2 Å². The summed E-state index contributed by atoms with van der Waals surface area (Å²) >= 11 is 0. The number of benzene rings is 2. The van der Waals surface area contributed by atoms with E-state index in [1.54, 1.807) is 26.4 Å². The SMILES string of the molecule is COc1cc(N)c(-c2nnn(-c3ccc(CCN4CCc5ccncc5C4)cc3)n2)cc1OC. The number of nitrogens with zero attached hydrogens (tertiary/aromatic N) is 6. The molecule has 0 aliphatic carbocycles. The maximum absolute atomic E-state index is 6.18. The molecule has 2 aromatic carbocycles. The lowest BCUT2D eigenvalue weighted by atomic mass is 10.0. The van der Waals surface area contributed by atoms with Gasteiger partial charge in [-0.25, -0.2) is 0 Å². The third-order valence-electron chi connectivity index (χ3n) is 6.19. The zero-order valence-corrected chi connectivity index (χ0v) is 19.3. The third-order valence-corrected chi connectivity index (χ3v) is 6.19. The number of ether oxygens (including phenoxy) is 2. The predicted molar refractivity (Wildman–Crippen MR) is 129 cm³/mol. The van der Waals surface area contributed by atoms with E-state index in [-0.39, 0.29) is 0 Å². The second kappa shape index (κ2) is 9.48. The molecule has 1 aliphatic rings. The Labute approximate surface area is 198 Å². The van der Waals surface area contributed by atoms with Crippen molar-refractivity contribution in [3.05, 3.63) is 71.5 Å². The summed E-state index contributed by atoms with van der Waals surface area (Å²) in [6, 6.07) is 13.8. The summed E-state index contributed by atoms with van der Waals surface area (Å²) in [5, 5.41) is 12.9. The maximum atomic E-state index is 6.18. The second-order valence-corrected chi connectivity index (χ2v) is 8.28. The summed E-state index contributed by atoms with van der Waals surface area (Å²) in [5.74, 6) is 1.53. The lowest BCUT2D eigenvalue weighted by Crippen LogP contribution is -2.32. The monoisotopic (exact) mass is 457 g/mol. The van der Waals surface area contributed by atoms with E-state index in [9.17, 15) is 0 Å². The first kappa shape index (κ1) is 21.8. The van der Waals surface area contributed by atoms with Crippen molar-refractivity contribution in [3.63, 3.8) is 0 Å². The van der Waals surface area contributed by atoms with Gasteiger partial charge in [0, 0.05) is 49.3 Å². The van der Waals surface area contributed by atoms with Crippen molar-refractivity contribution < 1.29 is 9.47 Å². The number of anilines is 1. The fraction of sp³-hybridized carbons (Fsp3) is 0.280. The number of pyridine rings is 1. The Hall–Kier alpha value is -3.98. The lowest BCUT2D eigenvalue weighted by molar-refractivity contribution is 0.257. The first-order valence-corrected chi connectivity index (χ1v) is 11.2. The van der Waals surface area contributed by atoms with E-state index in [2.05, 4.69) is 43.5 Å². The average molecular weight is 458 g/mol. The van der Waals surface area contributed by atoms with Crippen LogP contribution in [-0.4, -0.2) is 57.4 Å². The summed E-state index contributed by atoms with van der Waals surface area (Å²) in [5.41, 5.74) is 12.2. The van der Waals surface area contributed by atoms with Gasteiger partial charge < -0.3 is 15.2 Å². The molecule has 174 valence electrons. The van der Waals surface area contributed by atoms with Gasteiger partial charge in [-0.05, 0) is 59.0 Å². The summed E-state index contributed by atoms with van der Waals surface area (Å²) in [4.78, 5) is 8.25. The quantitative estimate of drug-likeness (QED) is 0.423. The van der Waals surface area contributed by atoms with Crippen molar-refractivity contribution >= 4 is 5.69 Å². The minimum Gasteiger partial charge on any atom is -0.493 e. The first-order valence-electron chi connectivity index (χ1n) is 11.2. The lowest BCUT2D eigenvalue weighted by Gasteiger charge is -2.28. The van der Waals surface area contributed by atoms with Crippen LogP contribution < -0.4 is 15.2 Å². The summed E-state index contributed by atoms with van der Waals surface area (Å²) in [6.45, 7) is 3.06. The molecule has 0 amide bonds. The van der Waals surface area contributed by atoms with Crippen molar-refractivity contribution in [3.8, 4) is 28.6 Å². The van der Waals surface area contributed by atoms with Crippen molar-refractivity contribution in [2.24, 2.45) is 0 Å². The molecule has 0 bridgehead atoms. The smallest absolute Gasteiger partial charge is 0.207 e. The predicted octanol–water partition coefficient (Wildman–Crippen LogP) is 2.92. The molecule has 1 aliphatic heterocycles. The Bertz CT molecular complexity index is 1290. The van der Waals surface area contributed by atoms with Crippen molar-refractivity contribution in [2.45, 2.75) is 19.4 Å². The van der Waals surface area contributed by atoms with E-state index in [1.807, 2.05) is 24.5 Å². The van der Waals surface area contributed by atoms with Crippen molar-refractivity contribution in [1.29, 1.82) is 0 Å². The molecule has 5 rings (SSSR count). The van der Waals surface area contributed by atoms with Crippen LogP contribution in [0.2, 0.25) is 0 Å². The molecule has 0 saturated heterocycles. The van der Waals surface area contributed by atoms with Crippen LogP contribution in [0.3, 0.4) is 0 Å². The molecular formula is C25H27N7O2. The van der Waals surface area contributed by atoms with Gasteiger partial charge in [0.15, 0.2) is 11.5 Å². The number of nitrogen functional groups attached to an aromatic ring is 1. The highest BCUT2D eigenvalue weighted by Crippen LogP contribution is 2.35. The van der Waals surface area contributed by atoms with E-state index in [1.165, 1.54) is 21.5 Å². The van der Waals surface area contributed by atoms with Gasteiger partial charge in [0.2, 0.25) is 5.82 Å². The Morgan fingerprint density at radius 3 is 2.59 bits per heavy atom. The van der Waals surface area contributed by atoms with Crippen molar-refractivity contribution in [1.82, 2.24) is 30.1 Å². The van der Waals surface area contributed by atoms with E-state index in [0.29, 0.717) is 28.6 Å².